The van der Waals surface area contributed by atoms with Crippen molar-refractivity contribution in [3.8, 4) is 0 Å². The van der Waals surface area contributed by atoms with Crippen LogP contribution in [0.2, 0.25) is 0 Å². The van der Waals surface area contributed by atoms with Crippen LogP contribution in [0, 0.1) is 11.8 Å². The quantitative estimate of drug-likeness (QED) is 0.561. The molecule has 0 aromatic heterocycles. The van der Waals surface area contributed by atoms with Crippen LogP contribution in [-0.4, -0.2) is 52.2 Å². The molecule has 2 heterocycles. The van der Waals surface area contributed by atoms with Crippen LogP contribution in [-0.2, 0) is 14.4 Å². The van der Waals surface area contributed by atoms with E-state index in [9.17, 15) is 19.2 Å². The molecule has 5 amide bonds. The molecule has 0 aromatic carbocycles. The Morgan fingerprint density at radius 1 is 1.04 bits per heavy atom. The Morgan fingerprint density at radius 2 is 1.62 bits per heavy atom. The Morgan fingerprint density at radius 3 is 2.17 bits per heavy atom. The molecule has 0 bridgehead atoms. The van der Waals surface area contributed by atoms with Crippen molar-refractivity contribution in [3.63, 3.8) is 0 Å². The fourth-order valence-electron chi connectivity index (χ4n) is 3.66. The van der Waals surface area contributed by atoms with E-state index in [1.165, 1.54) is 4.90 Å². The Hall–Kier alpha value is -1.92. The zero-order valence-corrected chi connectivity index (χ0v) is 14.3. The maximum absolute atomic E-state index is 13.0. The number of carbonyl (C=O) groups excluding carboxylic acids is 4. The van der Waals surface area contributed by atoms with Gasteiger partial charge in [0.1, 0.15) is 5.54 Å². The summed E-state index contributed by atoms with van der Waals surface area (Å²) in [5, 5.41) is 2.93. The molecule has 1 aliphatic carbocycles. The topological polar surface area (TPSA) is 86.8 Å². The second-order valence-corrected chi connectivity index (χ2v) is 7.50. The number of likely N-dealkylation sites (tertiary alicyclic amines) is 1. The van der Waals surface area contributed by atoms with Crippen LogP contribution in [0.25, 0.3) is 0 Å². The normalized spacial score (nSPS) is 27.6. The average Bonchev–Trinajstić information content (AvgIpc) is 3.28. The standard InChI is InChI=1S/C17H25N3O4/c1-11(2)7-8-17(12-3-4-12)15(23)20(16(24)18-17)10-9-19-13(21)5-6-14(19)22/h11-12H,3-10H2,1-2H3,(H,18,24)/t17-/m1/s1. The van der Waals surface area contributed by atoms with E-state index in [-0.39, 0.29) is 49.6 Å². The van der Waals surface area contributed by atoms with Gasteiger partial charge in [-0.25, -0.2) is 4.79 Å². The van der Waals surface area contributed by atoms with E-state index in [1.54, 1.807) is 0 Å². The number of urea groups is 1. The second kappa shape index (κ2) is 6.18. The molecule has 3 fully saturated rings. The number of nitrogens with zero attached hydrogens (tertiary/aromatic N) is 2. The summed E-state index contributed by atoms with van der Waals surface area (Å²) < 4.78 is 0. The van der Waals surface area contributed by atoms with Gasteiger partial charge >= 0.3 is 6.03 Å². The summed E-state index contributed by atoms with van der Waals surface area (Å²) in [4.78, 5) is 51.0. The predicted molar refractivity (Wildman–Crippen MR) is 85.7 cm³/mol. The van der Waals surface area contributed by atoms with Gasteiger partial charge in [-0.05, 0) is 37.5 Å². The van der Waals surface area contributed by atoms with Crippen LogP contribution >= 0.6 is 0 Å². The lowest BCUT2D eigenvalue weighted by Gasteiger charge is -2.27. The lowest BCUT2D eigenvalue weighted by Crippen LogP contribution is -2.49. The van der Waals surface area contributed by atoms with Gasteiger partial charge in [-0.3, -0.25) is 24.2 Å². The van der Waals surface area contributed by atoms with E-state index in [4.69, 9.17) is 0 Å². The Labute approximate surface area is 141 Å². The van der Waals surface area contributed by atoms with Gasteiger partial charge in [-0.1, -0.05) is 13.8 Å². The van der Waals surface area contributed by atoms with Gasteiger partial charge in [0, 0.05) is 25.9 Å². The molecule has 0 unspecified atom stereocenters. The summed E-state index contributed by atoms with van der Waals surface area (Å²) in [5.74, 6) is 0.0438. The van der Waals surface area contributed by atoms with Crippen molar-refractivity contribution in [1.82, 2.24) is 15.1 Å². The number of imide groups is 2. The molecule has 3 aliphatic rings. The highest BCUT2D eigenvalue weighted by Gasteiger charge is 2.58. The van der Waals surface area contributed by atoms with E-state index in [0.717, 1.165) is 24.2 Å². The van der Waals surface area contributed by atoms with Crippen molar-refractivity contribution in [2.45, 2.75) is 57.9 Å². The minimum Gasteiger partial charge on any atom is -0.323 e. The van der Waals surface area contributed by atoms with Crippen molar-refractivity contribution in [2.75, 3.05) is 13.1 Å². The molecule has 7 nitrogen and oxygen atoms in total. The van der Waals surface area contributed by atoms with Crippen LogP contribution in [0.1, 0.15) is 52.4 Å². The third-order valence-corrected chi connectivity index (χ3v) is 5.29. The highest BCUT2D eigenvalue weighted by molar-refractivity contribution is 6.07. The summed E-state index contributed by atoms with van der Waals surface area (Å²) in [5.41, 5.74) is -0.777. The Balaban J connectivity index is 1.68. The maximum Gasteiger partial charge on any atom is 0.325 e. The highest BCUT2D eigenvalue weighted by atomic mass is 16.2. The molecule has 0 radical (unpaired) electrons. The van der Waals surface area contributed by atoms with Crippen LogP contribution < -0.4 is 5.32 Å². The van der Waals surface area contributed by atoms with Gasteiger partial charge < -0.3 is 5.32 Å². The Kier molecular flexibility index (Phi) is 4.36. The average molecular weight is 335 g/mol. The largest absolute Gasteiger partial charge is 0.325 e. The summed E-state index contributed by atoms with van der Waals surface area (Å²) in [6, 6.07) is -0.394. The van der Waals surface area contributed by atoms with Crippen molar-refractivity contribution in [2.24, 2.45) is 11.8 Å². The highest BCUT2D eigenvalue weighted by Crippen LogP contribution is 2.45. The summed E-state index contributed by atoms with van der Waals surface area (Å²) in [6.07, 6.45) is 3.89. The molecule has 1 N–H and O–H groups in total. The van der Waals surface area contributed by atoms with Crippen molar-refractivity contribution >= 4 is 23.8 Å². The lowest BCUT2D eigenvalue weighted by atomic mass is 9.85. The van der Waals surface area contributed by atoms with Crippen molar-refractivity contribution in [3.05, 3.63) is 0 Å². The summed E-state index contributed by atoms with van der Waals surface area (Å²) in [6.45, 7) is 4.38. The summed E-state index contributed by atoms with van der Waals surface area (Å²) >= 11 is 0. The number of carbonyl (C=O) groups is 4. The third-order valence-electron chi connectivity index (χ3n) is 5.29. The molecule has 7 heteroatoms. The SMILES string of the molecule is CC(C)CC[C@]1(C2CC2)NC(=O)N(CCN2C(=O)CCC2=O)C1=O. The molecule has 3 rings (SSSR count). The molecule has 0 spiro atoms. The Bertz CT molecular complexity index is 568. The first-order valence-corrected chi connectivity index (χ1v) is 8.82. The van der Waals surface area contributed by atoms with Crippen LogP contribution in [0.5, 0.6) is 0 Å². The number of hydrogen-bond acceptors (Lipinski definition) is 4. The van der Waals surface area contributed by atoms with Gasteiger partial charge in [0.15, 0.2) is 0 Å². The van der Waals surface area contributed by atoms with Gasteiger partial charge in [0.05, 0.1) is 0 Å². The predicted octanol–water partition coefficient (Wildman–Crippen LogP) is 1.27. The van der Waals surface area contributed by atoms with E-state index < -0.39 is 11.6 Å². The van der Waals surface area contributed by atoms with Gasteiger partial charge in [-0.2, -0.15) is 0 Å². The maximum atomic E-state index is 13.0. The number of amides is 5. The number of nitrogens with one attached hydrogen (secondary N) is 1. The number of rotatable bonds is 7. The fourth-order valence-corrected chi connectivity index (χ4v) is 3.66. The van der Waals surface area contributed by atoms with Gasteiger partial charge in [0.2, 0.25) is 11.8 Å². The molecule has 1 saturated carbocycles. The molecule has 132 valence electrons. The molecule has 2 aliphatic heterocycles. The second-order valence-electron chi connectivity index (χ2n) is 7.50. The molecular formula is C17H25N3O4. The molecule has 24 heavy (non-hydrogen) atoms. The number of hydrogen-bond donors (Lipinski definition) is 1. The van der Waals surface area contributed by atoms with Gasteiger partial charge in [-0.15, -0.1) is 0 Å². The first kappa shape index (κ1) is 16.9. The molecular weight excluding hydrogens is 310 g/mol. The minimum atomic E-state index is -0.777. The van der Waals surface area contributed by atoms with E-state index in [2.05, 4.69) is 19.2 Å². The molecule has 0 aromatic rings. The monoisotopic (exact) mass is 335 g/mol. The van der Waals surface area contributed by atoms with Crippen LogP contribution in [0.15, 0.2) is 0 Å². The molecule has 2 saturated heterocycles. The van der Waals surface area contributed by atoms with E-state index in [0.29, 0.717) is 12.3 Å². The summed E-state index contributed by atoms with van der Waals surface area (Å²) in [7, 11) is 0. The fraction of sp³-hybridized carbons (Fsp3) is 0.765. The van der Waals surface area contributed by atoms with Crippen molar-refractivity contribution in [1.29, 1.82) is 0 Å². The van der Waals surface area contributed by atoms with Crippen molar-refractivity contribution < 1.29 is 19.2 Å². The molecule has 1 atom stereocenters. The minimum absolute atomic E-state index is 0.0816. The van der Waals surface area contributed by atoms with E-state index in [1.807, 2.05) is 0 Å². The van der Waals surface area contributed by atoms with Crippen LogP contribution in [0.4, 0.5) is 4.79 Å². The first-order valence-electron chi connectivity index (χ1n) is 8.82. The lowest BCUT2D eigenvalue weighted by molar-refractivity contribution is -0.140. The first-order chi connectivity index (χ1) is 11.3. The zero-order chi connectivity index (χ0) is 17.5. The van der Waals surface area contributed by atoms with E-state index >= 15 is 0 Å². The third kappa shape index (κ3) is 2.91. The van der Waals surface area contributed by atoms with Crippen LogP contribution in [0.3, 0.4) is 0 Å². The van der Waals surface area contributed by atoms with Gasteiger partial charge in [0.25, 0.3) is 5.91 Å². The zero-order valence-electron chi connectivity index (χ0n) is 14.3. The smallest absolute Gasteiger partial charge is 0.323 e.